The van der Waals surface area contributed by atoms with Gasteiger partial charge in [0.05, 0.1) is 20.8 Å². The molecule has 0 aromatic heterocycles. The van der Waals surface area contributed by atoms with Gasteiger partial charge in [0.2, 0.25) is 0 Å². The number of guanidine groups is 1. The molecule has 0 radical (unpaired) electrons. The number of nitrogens with one attached hydrogen (secondary N) is 2. The first-order chi connectivity index (χ1) is 12.1. The Morgan fingerprint density at radius 3 is 2.44 bits per heavy atom. The minimum Gasteiger partial charge on any atom is -0.497 e. The minimum atomic E-state index is 0.589. The first kappa shape index (κ1) is 18.6. The van der Waals surface area contributed by atoms with Gasteiger partial charge in [0.25, 0.3) is 0 Å². The molecule has 2 aromatic carbocycles. The standard InChI is InChI=1S/C20H27N3O2/c1-5-21-20(22-13-16-7-6-8-18(11-16)24-3)23-14-17-9-15(2)10-19(12-17)25-4/h6-12H,5,13-14H2,1-4H3,(H2,21,22,23). The Balaban J connectivity index is 2.03. The van der Waals surface area contributed by atoms with Crippen LogP contribution in [0.3, 0.4) is 0 Å². The Hall–Kier alpha value is -2.69. The number of benzene rings is 2. The quantitative estimate of drug-likeness (QED) is 0.599. The predicted molar refractivity (Wildman–Crippen MR) is 102 cm³/mol. The smallest absolute Gasteiger partial charge is 0.191 e. The van der Waals surface area contributed by atoms with Crippen molar-refractivity contribution in [2.45, 2.75) is 26.9 Å². The van der Waals surface area contributed by atoms with E-state index in [4.69, 9.17) is 9.47 Å². The second-order valence-corrected chi connectivity index (χ2v) is 5.76. The van der Waals surface area contributed by atoms with Crippen LogP contribution in [0, 0.1) is 6.92 Å². The first-order valence-corrected chi connectivity index (χ1v) is 8.44. The molecule has 25 heavy (non-hydrogen) atoms. The van der Waals surface area contributed by atoms with Crippen molar-refractivity contribution in [2.75, 3.05) is 20.8 Å². The third-order valence-corrected chi connectivity index (χ3v) is 3.70. The number of ether oxygens (including phenoxy) is 2. The Labute approximate surface area is 150 Å². The van der Waals surface area contributed by atoms with Gasteiger partial charge >= 0.3 is 0 Å². The van der Waals surface area contributed by atoms with Crippen LogP contribution in [0.4, 0.5) is 0 Å². The highest BCUT2D eigenvalue weighted by Crippen LogP contribution is 2.17. The van der Waals surface area contributed by atoms with Crippen molar-refractivity contribution >= 4 is 5.96 Å². The Kier molecular flexibility index (Phi) is 7.14. The molecule has 0 aliphatic carbocycles. The number of methoxy groups -OCH3 is 2. The van der Waals surface area contributed by atoms with Crippen LogP contribution in [-0.2, 0) is 13.1 Å². The highest BCUT2D eigenvalue weighted by atomic mass is 16.5. The van der Waals surface area contributed by atoms with Crippen LogP contribution in [-0.4, -0.2) is 26.7 Å². The number of hydrogen-bond donors (Lipinski definition) is 2. The summed E-state index contributed by atoms with van der Waals surface area (Å²) in [6.45, 7) is 6.19. The highest BCUT2D eigenvalue weighted by molar-refractivity contribution is 5.79. The van der Waals surface area contributed by atoms with Crippen LogP contribution in [0.1, 0.15) is 23.6 Å². The summed E-state index contributed by atoms with van der Waals surface area (Å²) in [7, 11) is 3.36. The summed E-state index contributed by atoms with van der Waals surface area (Å²) in [4.78, 5) is 4.67. The van der Waals surface area contributed by atoms with Crippen LogP contribution < -0.4 is 20.1 Å². The third kappa shape index (κ3) is 6.03. The molecule has 0 aliphatic heterocycles. The van der Waals surface area contributed by atoms with E-state index in [1.807, 2.05) is 30.3 Å². The van der Waals surface area contributed by atoms with Crippen LogP contribution in [0.2, 0.25) is 0 Å². The third-order valence-electron chi connectivity index (χ3n) is 3.70. The second-order valence-electron chi connectivity index (χ2n) is 5.76. The molecule has 2 N–H and O–H groups in total. The fourth-order valence-corrected chi connectivity index (χ4v) is 2.51. The molecule has 134 valence electrons. The largest absolute Gasteiger partial charge is 0.497 e. The van der Waals surface area contributed by atoms with Gasteiger partial charge in [-0.15, -0.1) is 0 Å². The number of aryl methyl sites for hydroxylation is 1. The van der Waals surface area contributed by atoms with Gasteiger partial charge in [0.15, 0.2) is 5.96 Å². The maximum atomic E-state index is 5.33. The molecule has 2 rings (SSSR count). The van der Waals surface area contributed by atoms with E-state index in [0.717, 1.165) is 35.1 Å². The van der Waals surface area contributed by atoms with E-state index in [0.29, 0.717) is 13.1 Å². The van der Waals surface area contributed by atoms with Gasteiger partial charge in [0, 0.05) is 13.1 Å². The van der Waals surface area contributed by atoms with Gasteiger partial charge in [0.1, 0.15) is 11.5 Å². The summed E-state index contributed by atoms with van der Waals surface area (Å²) in [5.41, 5.74) is 3.43. The van der Waals surface area contributed by atoms with Crippen molar-refractivity contribution in [3.63, 3.8) is 0 Å². The molecular weight excluding hydrogens is 314 g/mol. The average Bonchev–Trinajstić information content (AvgIpc) is 2.63. The molecule has 2 aromatic rings. The Morgan fingerprint density at radius 1 is 0.960 bits per heavy atom. The summed E-state index contributed by atoms with van der Waals surface area (Å²) < 4.78 is 10.6. The zero-order chi connectivity index (χ0) is 18.1. The Bertz CT molecular complexity index is 714. The maximum Gasteiger partial charge on any atom is 0.191 e. The average molecular weight is 341 g/mol. The van der Waals surface area contributed by atoms with Crippen molar-refractivity contribution < 1.29 is 9.47 Å². The SMILES string of the molecule is CCNC(=NCc1cc(C)cc(OC)c1)NCc1cccc(OC)c1. The van der Waals surface area contributed by atoms with Crippen LogP contribution in [0.25, 0.3) is 0 Å². The molecule has 0 saturated carbocycles. The number of rotatable bonds is 7. The van der Waals surface area contributed by atoms with Crippen LogP contribution >= 0.6 is 0 Å². The summed E-state index contributed by atoms with van der Waals surface area (Å²) in [6, 6.07) is 14.2. The van der Waals surface area contributed by atoms with E-state index in [9.17, 15) is 0 Å². The molecule has 0 heterocycles. The number of hydrogen-bond acceptors (Lipinski definition) is 3. The van der Waals surface area contributed by atoms with E-state index in [2.05, 4.69) is 41.6 Å². The van der Waals surface area contributed by atoms with Crippen molar-refractivity contribution in [3.8, 4) is 11.5 Å². The van der Waals surface area contributed by atoms with E-state index in [1.165, 1.54) is 5.56 Å². The lowest BCUT2D eigenvalue weighted by molar-refractivity contribution is 0.414. The zero-order valence-corrected chi connectivity index (χ0v) is 15.4. The molecular formula is C20H27N3O2. The van der Waals surface area contributed by atoms with Crippen molar-refractivity contribution in [3.05, 3.63) is 59.2 Å². The van der Waals surface area contributed by atoms with Gasteiger partial charge in [-0.05, 0) is 54.8 Å². The maximum absolute atomic E-state index is 5.33. The van der Waals surface area contributed by atoms with Crippen molar-refractivity contribution in [2.24, 2.45) is 4.99 Å². The van der Waals surface area contributed by atoms with Crippen LogP contribution in [0.15, 0.2) is 47.5 Å². The van der Waals surface area contributed by atoms with Gasteiger partial charge < -0.3 is 20.1 Å². The van der Waals surface area contributed by atoms with Gasteiger partial charge in [-0.25, -0.2) is 4.99 Å². The molecule has 5 nitrogen and oxygen atoms in total. The Morgan fingerprint density at radius 2 is 1.72 bits per heavy atom. The summed E-state index contributed by atoms with van der Waals surface area (Å²) >= 11 is 0. The summed E-state index contributed by atoms with van der Waals surface area (Å²) in [5.74, 6) is 2.50. The van der Waals surface area contributed by atoms with E-state index < -0.39 is 0 Å². The van der Waals surface area contributed by atoms with Gasteiger partial charge in [-0.2, -0.15) is 0 Å². The summed E-state index contributed by atoms with van der Waals surface area (Å²) in [5, 5.41) is 6.63. The van der Waals surface area contributed by atoms with Gasteiger partial charge in [-0.3, -0.25) is 0 Å². The van der Waals surface area contributed by atoms with E-state index in [-0.39, 0.29) is 0 Å². The molecule has 0 bridgehead atoms. The lowest BCUT2D eigenvalue weighted by Gasteiger charge is -2.12. The highest BCUT2D eigenvalue weighted by Gasteiger charge is 2.02. The fraction of sp³-hybridized carbons (Fsp3) is 0.350. The molecule has 5 heteroatoms. The predicted octanol–water partition coefficient (Wildman–Crippen LogP) is 3.27. The van der Waals surface area contributed by atoms with Crippen molar-refractivity contribution in [1.82, 2.24) is 10.6 Å². The lowest BCUT2D eigenvalue weighted by atomic mass is 10.1. The van der Waals surface area contributed by atoms with Gasteiger partial charge in [-0.1, -0.05) is 18.2 Å². The molecule has 0 spiro atoms. The molecule has 0 aliphatic rings. The molecule has 0 saturated heterocycles. The topological polar surface area (TPSA) is 54.9 Å². The number of aliphatic imine (C=N–C) groups is 1. The second kappa shape index (κ2) is 9.57. The van der Waals surface area contributed by atoms with Crippen molar-refractivity contribution in [1.29, 1.82) is 0 Å². The molecule has 0 atom stereocenters. The molecule has 0 unspecified atom stereocenters. The first-order valence-electron chi connectivity index (χ1n) is 8.44. The monoisotopic (exact) mass is 341 g/mol. The summed E-state index contributed by atoms with van der Waals surface area (Å²) in [6.07, 6.45) is 0. The van der Waals surface area contributed by atoms with E-state index in [1.54, 1.807) is 14.2 Å². The normalized spacial score (nSPS) is 11.1. The lowest BCUT2D eigenvalue weighted by Crippen LogP contribution is -2.36. The van der Waals surface area contributed by atoms with Crippen LogP contribution in [0.5, 0.6) is 11.5 Å². The fourth-order valence-electron chi connectivity index (χ4n) is 2.51. The number of nitrogens with zero attached hydrogens (tertiary/aromatic N) is 1. The zero-order valence-electron chi connectivity index (χ0n) is 15.4. The minimum absolute atomic E-state index is 0.589. The van der Waals surface area contributed by atoms with E-state index >= 15 is 0 Å². The molecule has 0 amide bonds. The molecule has 0 fully saturated rings.